The molecule has 0 atom stereocenters. The number of benzene rings is 2. The Morgan fingerprint density at radius 3 is 2.52 bits per heavy atom. The van der Waals surface area contributed by atoms with E-state index < -0.39 is 0 Å². The SMILES string of the molecule is CCOc1c(Br)cc(/C=C(/C#N)c2ccc(C)cc2)cc1OC. The van der Waals surface area contributed by atoms with E-state index in [0.29, 0.717) is 23.7 Å². The van der Waals surface area contributed by atoms with E-state index in [2.05, 4.69) is 22.0 Å². The van der Waals surface area contributed by atoms with Crippen LogP contribution in [0, 0.1) is 18.3 Å². The van der Waals surface area contributed by atoms with Gasteiger partial charge in [0.1, 0.15) is 0 Å². The average Bonchev–Trinajstić information content (AvgIpc) is 2.55. The van der Waals surface area contributed by atoms with Crippen LogP contribution in [0.15, 0.2) is 40.9 Å². The number of ether oxygens (including phenoxy) is 2. The van der Waals surface area contributed by atoms with Gasteiger partial charge in [0, 0.05) is 0 Å². The van der Waals surface area contributed by atoms with Crippen molar-refractivity contribution in [3.05, 3.63) is 57.6 Å². The van der Waals surface area contributed by atoms with Crippen molar-refractivity contribution < 1.29 is 9.47 Å². The Balaban J connectivity index is 2.46. The molecule has 0 saturated carbocycles. The minimum Gasteiger partial charge on any atom is -0.493 e. The van der Waals surface area contributed by atoms with Gasteiger partial charge in [-0.15, -0.1) is 0 Å². The van der Waals surface area contributed by atoms with Crippen molar-refractivity contribution >= 4 is 27.6 Å². The number of methoxy groups -OCH3 is 1. The highest BCUT2D eigenvalue weighted by atomic mass is 79.9. The monoisotopic (exact) mass is 371 g/mol. The van der Waals surface area contributed by atoms with Crippen molar-refractivity contribution in [1.82, 2.24) is 0 Å². The summed E-state index contributed by atoms with van der Waals surface area (Å²) in [5, 5.41) is 9.46. The highest BCUT2D eigenvalue weighted by Crippen LogP contribution is 2.37. The Bertz CT molecular complexity index is 758. The van der Waals surface area contributed by atoms with E-state index in [1.54, 1.807) is 7.11 Å². The van der Waals surface area contributed by atoms with E-state index in [9.17, 15) is 5.26 Å². The molecule has 4 heteroatoms. The number of hydrogen-bond donors (Lipinski definition) is 0. The summed E-state index contributed by atoms with van der Waals surface area (Å²) in [6.45, 7) is 4.50. The van der Waals surface area contributed by atoms with E-state index in [0.717, 1.165) is 21.2 Å². The zero-order valence-electron chi connectivity index (χ0n) is 13.4. The van der Waals surface area contributed by atoms with Gasteiger partial charge in [-0.05, 0) is 59.1 Å². The number of nitriles is 1. The largest absolute Gasteiger partial charge is 0.493 e. The maximum atomic E-state index is 9.46. The lowest BCUT2D eigenvalue weighted by molar-refractivity contribution is 0.309. The van der Waals surface area contributed by atoms with E-state index >= 15 is 0 Å². The summed E-state index contributed by atoms with van der Waals surface area (Å²) < 4.78 is 11.8. The first-order valence-corrected chi connectivity index (χ1v) is 8.07. The molecule has 118 valence electrons. The predicted molar refractivity (Wildman–Crippen MR) is 96.5 cm³/mol. The number of halogens is 1. The van der Waals surface area contributed by atoms with Gasteiger partial charge in [0.15, 0.2) is 11.5 Å². The third-order valence-electron chi connectivity index (χ3n) is 3.33. The Labute approximate surface area is 145 Å². The Morgan fingerprint density at radius 2 is 1.96 bits per heavy atom. The second kappa shape index (κ2) is 7.85. The summed E-state index contributed by atoms with van der Waals surface area (Å²) in [7, 11) is 1.60. The van der Waals surface area contributed by atoms with E-state index in [1.807, 2.05) is 56.3 Å². The van der Waals surface area contributed by atoms with Gasteiger partial charge in [-0.2, -0.15) is 5.26 Å². The van der Waals surface area contributed by atoms with Crippen molar-refractivity contribution in [2.75, 3.05) is 13.7 Å². The lowest BCUT2D eigenvalue weighted by Crippen LogP contribution is -1.97. The molecule has 0 heterocycles. The van der Waals surface area contributed by atoms with Crippen LogP contribution >= 0.6 is 15.9 Å². The third kappa shape index (κ3) is 4.14. The van der Waals surface area contributed by atoms with Gasteiger partial charge in [-0.3, -0.25) is 0 Å². The average molecular weight is 372 g/mol. The van der Waals surface area contributed by atoms with Gasteiger partial charge >= 0.3 is 0 Å². The molecule has 0 amide bonds. The molecule has 0 aliphatic carbocycles. The number of aryl methyl sites for hydroxylation is 1. The highest BCUT2D eigenvalue weighted by molar-refractivity contribution is 9.10. The second-order valence-electron chi connectivity index (χ2n) is 5.00. The lowest BCUT2D eigenvalue weighted by Gasteiger charge is -2.12. The van der Waals surface area contributed by atoms with Crippen LogP contribution in [0.1, 0.15) is 23.6 Å². The second-order valence-corrected chi connectivity index (χ2v) is 5.86. The van der Waals surface area contributed by atoms with Crippen molar-refractivity contribution in [1.29, 1.82) is 5.26 Å². The van der Waals surface area contributed by atoms with Crippen molar-refractivity contribution in [2.45, 2.75) is 13.8 Å². The normalized spacial score (nSPS) is 11.0. The van der Waals surface area contributed by atoms with Crippen molar-refractivity contribution in [2.24, 2.45) is 0 Å². The number of hydrogen-bond acceptors (Lipinski definition) is 3. The summed E-state index contributed by atoms with van der Waals surface area (Å²) in [5.74, 6) is 1.30. The fourth-order valence-electron chi connectivity index (χ4n) is 2.19. The van der Waals surface area contributed by atoms with Gasteiger partial charge in [-0.25, -0.2) is 0 Å². The number of allylic oxidation sites excluding steroid dienone is 1. The van der Waals surface area contributed by atoms with Gasteiger partial charge < -0.3 is 9.47 Å². The first kappa shape index (κ1) is 17.1. The fraction of sp³-hybridized carbons (Fsp3) is 0.211. The molecule has 0 aliphatic rings. The van der Waals surface area contributed by atoms with Crippen LogP contribution in [0.5, 0.6) is 11.5 Å². The van der Waals surface area contributed by atoms with Crippen LogP contribution in [0.4, 0.5) is 0 Å². The van der Waals surface area contributed by atoms with E-state index in [4.69, 9.17) is 9.47 Å². The summed E-state index contributed by atoms with van der Waals surface area (Å²) in [6.07, 6.45) is 1.84. The number of nitrogens with zero attached hydrogens (tertiary/aromatic N) is 1. The highest BCUT2D eigenvalue weighted by Gasteiger charge is 2.11. The molecule has 2 rings (SSSR count). The van der Waals surface area contributed by atoms with E-state index in [-0.39, 0.29) is 0 Å². The molecule has 0 bridgehead atoms. The van der Waals surface area contributed by atoms with E-state index in [1.165, 1.54) is 0 Å². The van der Waals surface area contributed by atoms with Crippen LogP contribution in [0.3, 0.4) is 0 Å². The maximum Gasteiger partial charge on any atom is 0.175 e. The van der Waals surface area contributed by atoms with Crippen LogP contribution in [0.25, 0.3) is 11.6 Å². The zero-order valence-corrected chi connectivity index (χ0v) is 15.0. The molecule has 0 aromatic heterocycles. The first-order chi connectivity index (χ1) is 11.1. The predicted octanol–water partition coefficient (Wildman–Crippen LogP) is 5.23. The minimum atomic E-state index is 0.553. The van der Waals surface area contributed by atoms with Crippen molar-refractivity contribution in [3.8, 4) is 17.6 Å². The van der Waals surface area contributed by atoms with Gasteiger partial charge in [-0.1, -0.05) is 29.8 Å². The zero-order chi connectivity index (χ0) is 16.8. The molecule has 0 radical (unpaired) electrons. The molecule has 2 aromatic rings. The minimum absolute atomic E-state index is 0.553. The molecule has 0 N–H and O–H groups in total. The van der Waals surface area contributed by atoms with Crippen LogP contribution < -0.4 is 9.47 Å². The fourth-order valence-corrected chi connectivity index (χ4v) is 2.76. The molecule has 3 nitrogen and oxygen atoms in total. The van der Waals surface area contributed by atoms with Crippen molar-refractivity contribution in [3.63, 3.8) is 0 Å². The molecular formula is C19H18BrNO2. The molecule has 2 aromatic carbocycles. The smallest absolute Gasteiger partial charge is 0.175 e. The molecule has 0 aliphatic heterocycles. The molecule has 0 saturated heterocycles. The Morgan fingerprint density at radius 1 is 1.26 bits per heavy atom. The maximum absolute atomic E-state index is 9.46. The molecular weight excluding hydrogens is 354 g/mol. The van der Waals surface area contributed by atoms with Gasteiger partial charge in [0.2, 0.25) is 0 Å². The van der Waals surface area contributed by atoms with Gasteiger partial charge in [0.25, 0.3) is 0 Å². The third-order valence-corrected chi connectivity index (χ3v) is 3.92. The van der Waals surface area contributed by atoms with Crippen LogP contribution in [-0.4, -0.2) is 13.7 Å². The Hall–Kier alpha value is -2.25. The van der Waals surface area contributed by atoms with Gasteiger partial charge in [0.05, 0.1) is 29.8 Å². The molecule has 0 fully saturated rings. The molecule has 23 heavy (non-hydrogen) atoms. The van der Waals surface area contributed by atoms with Crippen LogP contribution in [-0.2, 0) is 0 Å². The lowest BCUT2D eigenvalue weighted by atomic mass is 10.0. The van der Waals surface area contributed by atoms with Crippen LogP contribution in [0.2, 0.25) is 0 Å². The standard InChI is InChI=1S/C19H18BrNO2/c1-4-23-19-17(20)10-14(11-18(19)22-3)9-16(12-21)15-7-5-13(2)6-8-15/h5-11H,4H2,1-3H3/b16-9-. The summed E-state index contributed by atoms with van der Waals surface area (Å²) in [5.41, 5.74) is 3.52. The topological polar surface area (TPSA) is 42.2 Å². The molecule has 0 unspecified atom stereocenters. The quantitative estimate of drug-likeness (QED) is 0.533. The number of rotatable bonds is 5. The summed E-state index contributed by atoms with van der Waals surface area (Å²) in [6, 6.07) is 13.9. The summed E-state index contributed by atoms with van der Waals surface area (Å²) >= 11 is 3.50. The first-order valence-electron chi connectivity index (χ1n) is 7.28. The molecule has 0 spiro atoms. The Kier molecular flexibility index (Phi) is 5.84. The summed E-state index contributed by atoms with van der Waals surface area (Å²) in [4.78, 5) is 0.